The largest absolute Gasteiger partial charge is 0.465 e. The Balaban J connectivity index is 1.56. The van der Waals surface area contributed by atoms with Gasteiger partial charge in [-0.2, -0.15) is 0 Å². The van der Waals surface area contributed by atoms with Crippen molar-refractivity contribution in [3.63, 3.8) is 0 Å². The number of anilines is 3. The molecule has 0 saturated carbocycles. The first-order valence-electron chi connectivity index (χ1n) is 14.9. The Kier molecular flexibility index (Phi) is 11.7. The van der Waals surface area contributed by atoms with Gasteiger partial charge in [-0.25, -0.2) is 0 Å². The lowest BCUT2D eigenvalue weighted by Gasteiger charge is -2.26. The molecule has 0 aliphatic rings. The molecule has 0 spiro atoms. The molecule has 0 saturated heterocycles. The van der Waals surface area contributed by atoms with Gasteiger partial charge < -0.3 is 24.6 Å². The van der Waals surface area contributed by atoms with E-state index >= 15 is 0 Å². The zero-order valence-corrected chi connectivity index (χ0v) is 24.3. The van der Waals surface area contributed by atoms with Crippen LogP contribution in [0, 0.1) is 0 Å². The van der Waals surface area contributed by atoms with Gasteiger partial charge in [0.25, 0.3) is 0 Å². The van der Waals surface area contributed by atoms with E-state index in [2.05, 4.69) is 55.1 Å². The van der Waals surface area contributed by atoms with E-state index in [1.54, 1.807) is 0 Å². The molecule has 2 unspecified atom stereocenters. The highest BCUT2D eigenvalue weighted by atomic mass is 16.6. The Morgan fingerprint density at radius 1 is 0.512 bits per heavy atom. The van der Waals surface area contributed by atoms with Crippen molar-refractivity contribution in [2.45, 2.75) is 77.8 Å². The summed E-state index contributed by atoms with van der Waals surface area (Å²) in [7, 11) is 0. The van der Waals surface area contributed by atoms with E-state index in [1.165, 1.54) is 5.56 Å². The van der Waals surface area contributed by atoms with Crippen LogP contribution in [0.1, 0.15) is 65.2 Å². The maximum Gasteiger partial charge on any atom is 0.197 e. The van der Waals surface area contributed by atoms with E-state index in [4.69, 9.17) is 9.47 Å². The Hall–Kier alpha value is -3.80. The van der Waals surface area contributed by atoms with Crippen molar-refractivity contribution >= 4 is 17.1 Å². The van der Waals surface area contributed by atoms with E-state index in [9.17, 15) is 10.2 Å². The maximum absolute atomic E-state index is 10.3. The highest BCUT2D eigenvalue weighted by molar-refractivity contribution is 5.78. The molecule has 0 fully saturated rings. The number of unbranched alkanes of at least 4 members (excludes halogenated alkanes) is 4. The van der Waals surface area contributed by atoms with E-state index in [0.29, 0.717) is 24.3 Å². The molecule has 2 atom stereocenters. The van der Waals surface area contributed by atoms with Gasteiger partial charge in [0, 0.05) is 29.9 Å². The molecule has 0 aliphatic heterocycles. The predicted molar refractivity (Wildman–Crippen MR) is 168 cm³/mol. The Morgan fingerprint density at radius 2 is 0.902 bits per heavy atom. The normalized spacial score (nSPS) is 12.5. The molecule has 2 N–H and O–H groups in total. The monoisotopic (exact) mass is 553 g/mol. The van der Waals surface area contributed by atoms with Crippen molar-refractivity contribution in [2.24, 2.45) is 0 Å². The molecule has 0 radical (unpaired) electrons. The summed E-state index contributed by atoms with van der Waals surface area (Å²) in [5, 5.41) is 20.5. The Labute approximate surface area is 245 Å². The highest BCUT2D eigenvalue weighted by Gasteiger charge is 2.15. The molecule has 5 nitrogen and oxygen atoms in total. The topological polar surface area (TPSA) is 62.2 Å². The summed E-state index contributed by atoms with van der Waals surface area (Å²) in [6.07, 6.45) is 5.90. The number of aliphatic hydroxyl groups is 2. The molecule has 0 aliphatic carbocycles. The molecule has 0 heterocycles. The molecule has 41 heavy (non-hydrogen) atoms. The van der Waals surface area contributed by atoms with Crippen LogP contribution in [-0.2, 0) is 0 Å². The minimum atomic E-state index is -0.807. The van der Waals surface area contributed by atoms with Gasteiger partial charge in [0.2, 0.25) is 0 Å². The summed E-state index contributed by atoms with van der Waals surface area (Å²) in [4.78, 5) is 2.16. The number of hydrogen-bond donors (Lipinski definition) is 2. The molecule has 0 aromatic heterocycles. The average Bonchev–Trinajstić information content (AvgIpc) is 3.00. The number of rotatable bonds is 16. The molecule has 4 aromatic rings. The Bertz CT molecular complexity index is 1210. The summed E-state index contributed by atoms with van der Waals surface area (Å²) in [6, 6.07) is 34.4. The van der Waals surface area contributed by atoms with Gasteiger partial charge >= 0.3 is 0 Å². The first-order chi connectivity index (χ1) is 20.1. The first-order valence-corrected chi connectivity index (χ1v) is 14.9. The lowest BCUT2D eigenvalue weighted by atomic mass is 10.0. The van der Waals surface area contributed by atoms with Crippen LogP contribution >= 0.6 is 0 Å². The standard InChI is InChI=1S/C36H43NO4/c1-3-5-8-14-35(38)40-33-24-20-31(21-25-33)37(30-18-16-29(17-19-30)28-12-10-7-11-13-28)32-22-26-34(27-23-32)41-36(39)15-9-6-4-2/h7,10-13,16-27,35-36,38-39H,3-6,8-9,14-15H2,1-2H3. The fourth-order valence-corrected chi connectivity index (χ4v) is 4.80. The summed E-state index contributed by atoms with van der Waals surface area (Å²) >= 11 is 0. The van der Waals surface area contributed by atoms with Crippen LogP contribution in [0.4, 0.5) is 17.1 Å². The first kappa shape index (κ1) is 30.2. The third kappa shape index (κ3) is 9.10. The molecule has 4 rings (SSSR count). The quantitative estimate of drug-likeness (QED) is 0.107. The molecular formula is C36H43NO4. The number of nitrogens with zero attached hydrogens (tertiary/aromatic N) is 1. The van der Waals surface area contributed by atoms with Gasteiger partial charge in [0.1, 0.15) is 11.5 Å². The number of benzene rings is 4. The average molecular weight is 554 g/mol. The number of aliphatic hydroxyl groups excluding tert-OH is 2. The fourth-order valence-electron chi connectivity index (χ4n) is 4.80. The summed E-state index contributed by atoms with van der Waals surface area (Å²) in [5.41, 5.74) is 5.24. The van der Waals surface area contributed by atoms with Crippen LogP contribution in [0.2, 0.25) is 0 Å². The van der Waals surface area contributed by atoms with Crippen LogP contribution in [-0.4, -0.2) is 22.8 Å². The zero-order chi connectivity index (χ0) is 28.9. The zero-order valence-electron chi connectivity index (χ0n) is 24.3. The van der Waals surface area contributed by atoms with Crippen molar-refractivity contribution < 1.29 is 19.7 Å². The molecule has 4 aromatic carbocycles. The Morgan fingerprint density at radius 3 is 1.32 bits per heavy atom. The van der Waals surface area contributed by atoms with Crippen LogP contribution < -0.4 is 14.4 Å². The van der Waals surface area contributed by atoms with Crippen molar-refractivity contribution in [3.05, 3.63) is 103 Å². The van der Waals surface area contributed by atoms with Crippen LogP contribution in [0.25, 0.3) is 11.1 Å². The third-order valence-corrected chi connectivity index (χ3v) is 7.08. The van der Waals surface area contributed by atoms with Crippen molar-refractivity contribution in [3.8, 4) is 22.6 Å². The van der Waals surface area contributed by atoms with Crippen molar-refractivity contribution in [2.75, 3.05) is 4.90 Å². The van der Waals surface area contributed by atoms with E-state index in [-0.39, 0.29) is 0 Å². The predicted octanol–water partition coefficient (Wildman–Crippen LogP) is 9.38. The van der Waals surface area contributed by atoms with Crippen LogP contribution in [0.15, 0.2) is 103 Å². The second-order valence-electron chi connectivity index (χ2n) is 10.4. The van der Waals surface area contributed by atoms with Gasteiger partial charge in [0.05, 0.1) is 0 Å². The molecule has 0 bridgehead atoms. The molecule has 5 heteroatoms. The fraction of sp³-hybridized carbons (Fsp3) is 0.333. The van der Waals surface area contributed by atoms with E-state index in [0.717, 1.165) is 61.2 Å². The summed E-state index contributed by atoms with van der Waals surface area (Å²) < 4.78 is 11.5. The SMILES string of the molecule is CCCCCC(O)Oc1ccc(N(c2ccc(OC(O)CCCCC)cc2)c2ccc(-c3ccccc3)cc2)cc1. The minimum absolute atomic E-state index is 0.622. The van der Waals surface area contributed by atoms with Gasteiger partial charge in [-0.15, -0.1) is 0 Å². The van der Waals surface area contributed by atoms with Gasteiger partial charge in [0.15, 0.2) is 12.6 Å². The van der Waals surface area contributed by atoms with Gasteiger partial charge in [-0.1, -0.05) is 82.0 Å². The molecule has 0 amide bonds. The minimum Gasteiger partial charge on any atom is -0.465 e. The van der Waals surface area contributed by atoms with E-state index < -0.39 is 12.6 Å². The van der Waals surface area contributed by atoms with Gasteiger partial charge in [-0.3, -0.25) is 0 Å². The highest BCUT2D eigenvalue weighted by Crippen LogP contribution is 2.37. The lowest BCUT2D eigenvalue weighted by Crippen LogP contribution is -2.16. The second kappa shape index (κ2) is 15.8. The van der Waals surface area contributed by atoms with Crippen LogP contribution in [0.5, 0.6) is 11.5 Å². The summed E-state index contributed by atoms with van der Waals surface area (Å²) in [5.74, 6) is 1.27. The smallest absolute Gasteiger partial charge is 0.197 e. The summed E-state index contributed by atoms with van der Waals surface area (Å²) in [6.45, 7) is 4.29. The molecular weight excluding hydrogens is 510 g/mol. The third-order valence-electron chi connectivity index (χ3n) is 7.08. The van der Waals surface area contributed by atoms with E-state index in [1.807, 2.05) is 66.7 Å². The molecule has 216 valence electrons. The van der Waals surface area contributed by atoms with Crippen molar-refractivity contribution in [1.29, 1.82) is 0 Å². The number of hydrogen-bond acceptors (Lipinski definition) is 5. The lowest BCUT2D eigenvalue weighted by molar-refractivity contribution is -0.0250. The van der Waals surface area contributed by atoms with Gasteiger partial charge in [-0.05, 0) is 84.6 Å². The van der Waals surface area contributed by atoms with Crippen molar-refractivity contribution in [1.82, 2.24) is 0 Å². The number of ether oxygens (including phenoxy) is 2. The maximum atomic E-state index is 10.3. The second-order valence-corrected chi connectivity index (χ2v) is 10.4. The van der Waals surface area contributed by atoms with Crippen LogP contribution in [0.3, 0.4) is 0 Å².